The lowest BCUT2D eigenvalue weighted by Gasteiger charge is -2.41. The van der Waals surface area contributed by atoms with Crippen LogP contribution in [0.5, 0.6) is 0 Å². The number of nitrogens with zero attached hydrogens (tertiary/aromatic N) is 3. The van der Waals surface area contributed by atoms with Crippen LogP contribution < -0.4 is 21.1 Å². The molecule has 2 saturated heterocycles. The lowest BCUT2D eigenvalue weighted by molar-refractivity contribution is -0.193. The fraction of sp³-hybridized carbons (Fsp3) is 0.696. The number of hydrogen-bond donors (Lipinski definition) is 3. The number of hydrazine groups is 1. The summed E-state index contributed by atoms with van der Waals surface area (Å²) in [4.78, 5) is 32.7. The van der Waals surface area contributed by atoms with Crippen LogP contribution in [0.2, 0.25) is 0 Å². The summed E-state index contributed by atoms with van der Waals surface area (Å²) in [5, 5.41) is 2.77. The van der Waals surface area contributed by atoms with Crippen molar-refractivity contribution in [2.75, 3.05) is 50.0 Å². The van der Waals surface area contributed by atoms with Gasteiger partial charge < -0.3 is 19.9 Å². The molecule has 0 aliphatic carbocycles. The number of thioether (sulfide) groups is 1. The molecule has 39 heavy (non-hydrogen) atoms. The van der Waals surface area contributed by atoms with Crippen LogP contribution in [-0.4, -0.2) is 91.1 Å². The van der Waals surface area contributed by atoms with Crippen LogP contribution in [0.1, 0.15) is 25.3 Å². The van der Waals surface area contributed by atoms with Gasteiger partial charge in [-0.1, -0.05) is 0 Å². The van der Waals surface area contributed by atoms with E-state index in [1.165, 1.54) is 11.8 Å². The predicted octanol–water partition coefficient (Wildman–Crippen LogP) is 2.18. The Morgan fingerprint density at radius 3 is 2.77 bits per heavy atom. The van der Waals surface area contributed by atoms with Crippen molar-refractivity contribution in [3.63, 3.8) is 0 Å². The number of aromatic nitrogens is 1. The van der Waals surface area contributed by atoms with Crippen LogP contribution in [-0.2, 0) is 20.5 Å². The fourth-order valence-corrected chi connectivity index (χ4v) is 6.10. The van der Waals surface area contributed by atoms with E-state index in [4.69, 9.17) is 4.74 Å². The second-order valence-corrected chi connectivity index (χ2v) is 10.9. The molecule has 2 amide bonds. The van der Waals surface area contributed by atoms with Crippen LogP contribution >= 0.6 is 11.8 Å². The van der Waals surface area contributed by atoms with E-state index in [0.29, 0.717) is 42.5 Å². The number of amides is 2. The maximum absolute atomic E-state index is 13.3. The number of hydrogen-bond acceptors (Lipinski definition) is 8. The third-order valence-corrected chi connectivity index (χ3v) is 7.93. The van der Waals surface area contributed by atoms with Gasteiger partial charge in [0, 0.05) is 56.3 Å². The van der Waals surface area contributed by atoms with Gasteiger partial charge in [0.2, 0.25) is 11.8 Å². The molecule has 3 N–H and O–H groups in total. The van der Waals surface area contributed by atoms with Gasteiger partial charge >= 0.3 is 12.4 Å². The van der Waals surface area contributed by atoms with E-state index in [1.54, 1.807) is 11.8 Å². The molecule has 2 unspecified atom stereocenters. The highest BCUT2D eigenvalue weighted by Crippen LogP contribution is 2.39. The first kappa shape index (κ1) is 29.7. The minimum atomic E-state index is -4.69. The lowest BCUT2D eigenvalue weighted by Crippen LogP contribution is -2.64. The number of carbonyl (C=O) groups is 2. The molecule has 3 aliphatic rings. The number of nitrogens with one attached hydrogen (secondary N) is 3. The van der Waals surface area contributed by atoms with Gasteiger partial charge in [-0.15, -0.1) is 11.8 Å². The van der Waals surface area contributed by atoms with Crippen molar-refractivity contribution in [2.24, 2.45) is 5.92 Å². The zero-order valence-corrected chi connectivity index (χ0v) is 21.9. The monoisotopic (exact) mass is 584 g/mol. The normalized spacial score (nSPS) is 24.9. The van der Waals surface area contributed by atoms with Gasteiger partial charge in [-0.3, -0.25) is 15.0 Å². The summed E-state index contributed by atoms with van der Waals surface area (Å²) in [6, 6.07) is -0.607. The van der Waals surface area contributed by atoms with E-state index in [2.05, 4.69) is 15.7 Å². The average Bonchev–Trinajstić information content (AvgIpc) is 3.03. The van der Waals surface area contributed by atoms with Gasteiger partial charge in [-0.2, -0.15) is 26.3 Å². The number of alkyl halides is 6. The smallest absolute Gasteiger partial charge is 0.379 e. The van der Waals surface area contributed by atoms with E-state index in [-0.39, 0.29) is 38.1 Å². The Morgan fingerprint density at radius 1 is 1.28 bits per heavy atom. The summed E-state index contributed by atoms with van der Waals surface area (Å²) in [6.45, 7) is 2.88. The van der Waals surface area contributed by atoms with Crippen molar-refractivity contribution >= 4 is 29.4 Å². The molecule has 0 bridgehead atoms. The Labute approximate surface area is 225 Å². The molecule has 4 heterocycles. The molecule has 16 heteroatoms. The van der Waals surface area contributed by atoms with Crippen LogP contribution in [0.25, 0.3) is 0 Å². The minimum Gasteiger partial charge on any atom is -0.379 e. The number of anilines is 1. The number of ether oxygens (including phenoxy) is 1. The summed E-state index contributed by atoms with van der Waals surface area (Å²) < 4.78 is 84.7. The molecule has 3 aliphatic heterocycles. The van der Waals surface area contributed by atoms with Crippen molar-refractivity contribution in [1.29, 1.82) is 0 Å². The van der Waals surface area contributed by atoms with E-state index < -0.39 is 41.8 Å². The molecule has 0 radical (unpaired) electrons. The first-order valence-corrected chi connectivity index (χ1v) is 13.5. The van der Waals surface area contributed by atoms with Crippen LogP contribution in [0, 0.1) is 5.92 Å². The predicted molar refractivity (Wildman–Crippen MR) is 130 cm³/mol. The molecule has 0 saturated carbocycles. The standard InChI is InChI=1S/C23H30F6N6O3S/c1-13(32-16-10-31-33-21(37)19(16)23(27,28)29)12-38-6-2-18(36)34-4-5-35-15(11-34)3-7-39-17-8-14(22(24,25)26)9-30-20(17)35/h8-9,13,15-16,19,31-32H,2-7,10-12H2,1H3,(H,33,37)/t13-,15+,16?,19?/m0/s1. The molecule has 0 aromatic carbocycles. The summed E-state index contributed by atoms with van der Waals surface area (Å²) >= 11 is 1.33. The third-order valence-electron chi connectivity index (χ3n) is 6.87. The van der Waals surface area contributed by atoms with Gasteiger partial charge in [-0.25, -0.2) is 10.4 Å². The maximum atomic E-state index is 13.3. The second-order valence-electron chi connectivity index (χ2n) is 9.76. The Balaban J connectivity index is 1.23. The van der Waals surface area contributed by atoms with Crippen molar-refractivity contribution < 1.29 is 40.7 Å². The summed E-state index contributed by atoms with van der Waals surface area (Å²) in [5.41, 5.74) is 3.66. The first-order chi connectivity index (χ1) is 18.3. The number of rotatable bonds is 7. The van der Waals surface area contributed by atoms with E-state index in [9.17, 15) is 35.9 Å². The van der Waals surface area contributed by atoms with Crippen molar-refractivity contribution in [2.45, 2.75) is 55.1 Å². The Kier molecular flexibility index (Phi) is 9.18. The average molecular weight is 585 g/mol. The molecule has 218 valence electrons. The Morgan fingerprint density at radius 2 is 2.05 bits per heavy atom. The maximum Gasteiger partial charge on any atom is 0.417 e. The van der Waals surface area contributed by atoms with Gasteiger partial charge in [0.1, 0.15) is 5.82 Å². The molecule has 0 spiro atoms. The van der Waals surface area contributed by atoms with Gasteiger partial charge in [-0.05, 0) is 19.4 Å². The Bertz CT molecular complexity index is 1040. The lowest BCUT2D eigenvalue weighted by atomic mass is 9.96. The highest BCUT2D eigenvalue weighted by molar-refractivity contribution is 7.99. The van der Waals surface area contributed by atoms with E-state index in [1.807, 2.05) is 10.3 Å². The van der Waals surface area contributed by atoms with Crippen LogP contribution in [0.4, 0.5) is 32.2 Å². The number of fused-ring (bicyclic) bond motifs is 3. The number of piperazine rings is 1. The molecular formula is C23H30F6N6O3S. The van der Waals surface area contributed by atoms with Gasteiger partial charge in [0.05, 0.1) is 30.1 Å². The number of halogens is 6. The highest BCUT2D eigenvalue weighted by Gasteiger charge is 2.51. The summed E-state index contributed by atoms with van der Waals surface area (Å²) in [7, 11) is 0. The van der Waals surface area contributed by atoms with Crippen molar-refractivity contribution in [1.82, 2.24) is 26.1 Å². The van der Waals surface area contributed by atoms with Gasteiger partial charge in [0.15, 0.2) is 5.92 Å². The van der Waals surface area contributed by atoms with Crippen LogP contribution in [0.15, 0.2) is 17.2 Å². The molecule has 2 fully saturated rings. The zero-order chi connectivity index (χ0) is 28.4. The van der Waals surface area contributed by atoms with Gasteiger partial charge in [0.25, 0.3) is 0 Å². The molecule has 9 nitrogen and oxygen atoms in total. The topological polar surface area (TPSA) is 98.8 Å². The molecule has 4 rings (SSSR count). The number of carbonyl (C=O) groups excluding carboxylic acids is 2. The van der Waals surface area contributed by atoms with E-state index in [0.717, 1.165) is 12.3 Å². The summed E-state index contributed by atoms with van der Waals surface area (Å²) in [6.07, 6.45) is -7.56. The SMILES string of the molecule is C[C@@H](COCCC(=O)N1CCN2c3ncc(C(F)(F)F)cc3SCC[C@@H]2C1)NC1CNNC(=O)C1C(F)(F)F. The third kappa shape index (κ3) is 7.27. The van der Waals surface area contributed by atoms with Crippen LogP contribution in [0.3, 0.4) is 0 Å². The molecule has 4 atom stereocenters. The second kappa shape index (κ2) is 12.1. The Hall–Kier alpha value is -2.30. The minimum absolute atomic E-state index is 0.0476. The molecule has 1 aromatic heterocycles. The van der Waals surface area contributed by atoms with Crippen molar-refractivity contribution in [3.05, 3.63) is 17.8 Å². The fourth-order valence-electron chi connectivity index (χ4n) is 4.98. The van der Waals surface area contributed by atoms with E-state index >= 15 is 0 Å². The summed E-state index contributed by atoms with van der Waals surface area (Å²) in [5.74, 6) is -2.37. The molecular weight excluding hydrogens is 554 g/mol. The zero-order valence-electron chi connectivity index (χ0n) is 21.1. The highest BCUT2D eigenvalue weighted by atomic mass is 32.2. The molecule has 1 aromatic rings. The number of pyridine rings is 1. The first-order valence-electron chi connectivity index (χ1n) is 12.5. The largest absolute Gasteiger partial charge is 0.417 e. The quantitative estimate of drug-likeness (QED) is 0.332. The van der Waals surface area contributed by atoms with Crippen molar-refractivity contribution in [3.8, 4) is 0 Å².